The number of aryl methyl sites for hydroxylation is 1. The first-order valence-electron chi connectivity index (χ1n) is 13.7. The maximum atomic E-state index is 13.6. The third kappa shape index (κ3) is 4.81. The third-order valence-electron chi connectivity index (χ3n) is 8.39. The van der Waals surface area contributed by atoms with Gasteiger partial charge in [0.25, 0.3) is 5.91 Å². The molecule has 1 unspecified atom stereocenters. The van der Waals surface area contributed by atoms with Gasteiger partial charge in [-0.05, 0) is 73.2 Å². The summed E-state index contributed by atoms with van der Waals surface area (Å²) in [5.74, 6) is 0.731. The van der Waals surface area contributed by atoms with Crippen LogP contribution in [0.1, 0.15) is 60.2 Å². The van der Waals surface area contributed by atoms with Gasteiger partial charge in [0, 0.05) is 30.6 Å². The first kappa shape index (κ1) is 24.7. The molecule has 0 spiro atoms. The molecule has 1 aliphatic heterocycles. The normalized spacial score (nSPS) is 19.8. The maximum absolute atomic E-state index is 13.6. The number of rotatable bonds is 7. The standard InChI is InChI=1S/C34H36N2O2/c1-24-16-17-27(38-28-21-33(2,3)36(23-28)22-25-10-5-4-6-11-25)20-30(24)32(37)35-34(18-19-34)31-15-9-13-26-12-7-8-14-29(26)31/h4-17,20,28H,18-19,21-23H2,1-3H3,(H,35,37). The number of nitrogens with one attached hydrogen (secondary N) is 1. The van der Waals surface area contributed by atoms with Crippen LogP contribution in [0.4, 0.5) is 0 Å². The molecule has 2 aliphatic rings. The SMILES string of the molecule is Cc1ccc(OC2CN(Cc3ccccc3)C(C)(C)C2)cc1C(=O)NC1(c2cccc3ccccc23)CC1. The van der Waals surface area contributed by atoms with Crippen LogP contribution in [0.15, 0.2) is 91.0 Å². The number of amides is 1. The predicted octanol–water partition coefficient (Wildman–Crippen LogP) is 7.00. The van der Waals surface area contributed by atoms with Crippen LogP contribution in [0.3, 0.4) is 0 Å². The van der Waals surface area contributed by atoms with E-state index >= 15 is 0 Å². The Hall–Kier alpha value is -3.63. The highest BCUT2D eigenvalue weighted by atomic mass is 16.5. The molecular formula is C34H36N2O2. The number of likely N-dealkylation sites (tertiary alicyclic amines) is 1. The van der Waals surface area contributed by atoms with Crippen LogP contribution in [-0.2, 0) is 12.1 Å². The Morgan fingerprint density at radius 1 is 0.947 bits per heavy atom. The van der Waals surface area contributed by atoms with E-state index in [9.17, 15) is 4.79 Å². The minimum absolute atomic E-state index is 0.0316. The summed E-state index contributed by atoms with van der Waals surface area (Å²) in [7, 11) is 0. The van der Waals surface area contributed by atoms with Crippen molar-refractivity contribution in [1.82, 2.24) is 10.2 Å². The molecule has 4 nitrogen and oxygen atoms in total. The van der Waals surface area contributed by atoms with Crippen LogP contribution in [0.25, 0.3) is 10.8 Å². The van der Waals surface area contributed by atoms with E-state index in [4.69, 9.17) is 4.74 Å². The molecule has 6 rings (SSSR count). The molecule has 1 saturated carbocycles. The zero-order valence-corrected chi connectivity index (χ0v) is 22.5. The number of hydrogen-bond acceptors (Lipinski definition) is 3. The van der Waals surface area contributed by atoms with Crippen molar-refractivity contribution >= 4 is 16.7 Å². The van der Waals surface area contributed by atoms with Gasteiger partial charge in [-0.2, -0.15) is 0 Å². The first-order valence-corrected chi connectivity index (χ1v) is 13.7. The molecule has 1 heterocycles. The summed E-state index contributed by atoms with van der Waals surface area (Å²) < 4.78 is 6.49. The molecule has 1 saturated heterocycles. The first-order chi connectivity index (χ1) is 18.3. The molecular weight excluding hydrogens is 468 g/mol. The lowest BCUT2D eigenvalue weighted by Crippen LogP contribution is -2.37. The lowest BCUT2D eigenvalue weighted by atomic mass is 9.96. The number of ether oxygens (including phenoxy) is 1. The average Bonchev–Trinajstić information content (AvgIpc) is 3.63. The molecule has 2 fully saturated rings. The van der Waals surface area contributed by atoms with E-state index in [1.165, 1.54) is 21.9 Å². The van der Waals surface area contributed by atoms with Crippen molar-refractivity contribution in [2.75, 3.05) is 6.54 Å². The summed E-state index contributed by atoms with van der Waals surface area (Å²) in [5, 5.41) is 5.82. The molecule has 0 aromatic heterocycles. The van der Waals surface area contributed by atoms with Crippen LogP contribution in [0.2, 0.25) is 0 Å². The van der Waals surface area contributed by atoms with Gasteiger partial charge in [0.05, 0.1) is 5.54 Å². The fourth-order valence-electron chi connectivity index (χ4n) is 6.03. The molecule has 38 heavy (non-hydrogen) atoms. The number of fused-ring (bicyclic) bond motifs is 1. The molecule has 4 aromatic rings. The maximum Gasteiger partial charge on any atom is 0.252 e. The van der Waals surface area contributed by atoms with E-state index in [-0.39, 0.29) is 23.1 Å². The summed E-state index contributed by atoms with van der Waals surface area (Å²) in [6, 6.07) is 31.3. The van der Waals surface area contributed by atoms with E-state index in [2.05, 4.69) is 96.9 Å². The van der Waals surface area contributed by atoms with Crippen LogP contribution in [0.5, 0.6) is 5.75 Å². The molecule has 0 radical (unpaired) electrons. The van der Waals surface area contributed by atoms with E-state index < -0.39 is 0 Å². The van der Waals surface area contributed by atoms with Crippen molar-refractivity contribution in [3.63, 3.8) is 0 Å². The molecule has 0 bridgehead atoms. The second-order valence-electron chi connectivity index (χ2n) is 11.7. The largest absolute Gasteiger partial charge is 0.489 e. The highest BCUT2D eigenvalue weighted by molar-refractivity contribution is 5.97. The van der Waals surface area contributed by atoms with Gasteiger partial charge in [0.2, 0.25) is 0 Å². The van der Waals surface area contributed by atoms with Gasteiger partial charge in [-0.15, -0.1) is 0 Å². The molecule has 1 aliphatic carbocycles. The van der Waals surface area contributed by atoms with E-state index in [0.717, 1.165) is 43.7 Å². The lowest BCUT2D eigenvalue weighted by molar-refractivity contribution is 0.0929. The summed E-state index contributed by atoms with van der Waals surface area (Å²) in [6.07, 6.45) is 2.93. The third-order valence-corrected chi connectivity index (χ3v) is 8.39. The minimum atomic E-state index is -0.297. The van der Waals surface area contributed by atoms with E-state index in [0.29, 0.717) is 5.56 Å². The fourth-order valence-corrected chi connectivity index (χ4v) is 6.03. The number of hydrogen-bond donors (Lipinski definition) is 1. The van der Waals surface area contributed by atoms with Crippen molar-refractivity contribution in [2.45, 2.75) is 63.8 Å². The molecule has 194 valence electrons. The fraction of sp³-hybridized carbons (Fsp3) is 0.324. The molecule has 4 aromatic carbocycles. The van der Waals surface area contributed by atoms with Gasteiger partial charge >= 0.3 is 0 Å². The topological polar surface area (TPSA) is 41.6 Å². The van der Waals surface area contributed by atoms with Gasteiger partial charge < -0.3 is 10.1 Å². The molecule has 4 heteroatoms. The molecule has 1 amide bonds. The van der Waals surface area contributed by atoms with Gasteiger partial charge in [-0.25, -0.2) is 0 Å². The van der Waals surface area contributed by atoms with Crippen molar-refractivity contribution in [3.05, 3.63) is 113 Å². The van der Waals surface area contributed by atoms with Gasteiger partial charge in [0.15, 0.2) is 0 Å². The van der Waals surface area contributed by atoms with Crippen molar-refractivity contribution in [2.24, 2.45) is 0 Å². The Morgan fingerprint density at radius 2 is 1.68 bits per heavy atom. The Kier molecular flexibility index (Phi) is 6.23. The van der Waals surface area contributed by atoms with Gasteiger partial charge in [0.1, 0.15) is 11.9 Å². The highest BCUT2D eigenvalue weighted by Gasteiger charge is 2.47. The summed E-state index contributed by atoms with van der Waals surface area (Å²) >= 11 is 0. The molecule has 1 atom stereocenters. The monoisotopic (exact) mass is 504 g/mol. The van der Waals surface area contributed by atoms with Crippen molar-refractivity contribution in [1.29, 1.82) is 0 Å². The number of carbonyl (C=O) groups excluding carboxylic acids is 1. The Balaban J connectivity index is 1.18. The predicted molar refractivity (Wildman–Crippen MR) is 153 cm³/mol. The Labute approximate surface area is 225 Å². The number of benzene rings is 4. The van der Waals surface area contributed by atoms with Crippen LogP contribution in [0, 0.1) is 6.92 Å². The van der Waals surface area contributed by atoms with Crippen molar-refractivity contribution in [3.8, 4) is 5.75 Å². The second-order valence-corrected chi connectivity index (χ2v) is 11.7. The highest BCUT2D eigenvalue weighted by Crippen LogP contribution is 2.48. The van der Waals surface area contributed by atoms with Crippen LogP contribution >= 0.6 is 0 Å². The zero-order valence-electron chi connectivity index (χ0n) is 22.5. The summed E-state index contributed by atoms with van der Waals surface area (Å²) in [4.78, 5) is 16.1. The van der Waals surface area contributed by atoms with E-state index in [1.54, 1.807) is 0 Å². The minimum Gasteiger partial charge on any atom is -0.489 e. The summed E-state index contributed by atoms with van der Waals surface area (Å²) in [6.45, 7) is 8.34. The Morgan fingerprint density at radius 3 is 2.47 bits per heavy atom. The van der Waals surface area contributed by atoms with Crippen molar-refractivity contribution < 1.29 is 9.53 Å². The number of carbonyl (C=O) groups is 1. The Bertz CT molecular complexity index is 1470. The smallest absolute Gasteiger partial charge is 0.252 e. The molecule has 1 N–H and O–H groups in total. The summed E-state index contributed by atoms with van der Waals surface area (Å²) in [5.41, 5.74) is 3.92. The van der Waals surface area contributed by atoms with Gasteiger partial charge in [-0.1, -0.05) is 78.9 Å². The van der Waals surface area contributed by atoms with Crippen LogP contribution in [-0.4, -0.2) is 29.0 Å². The zero-order chi connectivity index (χ0) is 26.3. The lowest BCUT2D eigenvalue weighted by Gasteiger charge is -2.30. The van der Waals surface area contributed by atoms with Crippen LogP contribution < -0.4 is 10.1 Å². The average molecular weight is 505 g/mol. The van der Waals surface area contributed by atoms with Gasteiger partial charge in [-0.3, -0.25) is 9.69 Å². The second kappa shape index (κ2) is 9.59. The quantitative estimate of drug-likeness (QED) is 0.295. The number of nitrogens with zero attached hydrogens (tertiary/aromatic N) is 1. The van der Waals surface area contributed by atoms with E-state index in [1.807, 2.05) is 25.1 Å².